The molecule has 2 fully saturated rings. The number of urea groups is 1. The van der Waals surface area contributed by atoms with Crippen LogP contribution in [0.25, 0.3) is 0 Å². The van der Waals surface area contributed by atoms with E-state index in [2.05, 4.69) is 57.5 Å². The Morgan fingerprint density at radius 2 is 2.03 bits per heavy atom. The number of fused-ring (bicyclic) bond motifs is 1. The van der Waals surface area contributed by atoms with Crippen molar-refractivity contribution in [3.05, 3.63) is 29.3 Å². The van der Waals surface area contributed by atoms with Crippen molar-refractivity contribution in [1.29, 1.82) is 0 Å². The fourth-order valence-corrected chi connectivity index (χ4v) is 5.03. The molecule has 0 aromatic heterocycles. The van der Waals surface area contributed by atoms with Gasteiger partial charge in [0.2, 0.25) is 0 Å². The number of nitrogens with zero attached hydrogens (tertiary/aromatic N) is 1. The maximum atomic E-state index is 12.5. The molecule has 7 heteroatoms. The van der Waals surface area contributed by atoms with Gasteiger partial charge in [-0.1, -0.05) is 25.8 Å². The first kappa shape index (κ1) is 20.6. The number of carbonyl (C=O) groups is 1. The van der Waals surface area contributed by atoms with Crippen LogP contribution >= 0.6 is 0 Å². The van der Waals surface area contributed by atoms with Crippen molar-refractivity contribution in [3.63, 3.8) is 0 Å². The molecule has 1 saturated carbocycles. The molecule has 2 aliphatic heterocycles. The molecular formula is C22H36N6O. The van der Waals surface area contributed by atoms with Gasteiger partial charge in [0.25, 0.3) is 0 Å². The van der Waals surface area contributed by atoms with E-state index in [1.165, 1.54) is 36.8 Å². The molecule has 1 saturated heterocycles. The zero-order valence-electron chi connectivity index (χ0n) is 17.8. The molecule has 2 heterocycles. The molecule has 3 atom stereocenters. The van der Waals surface area contributed by atoms with Crippen LogP contribution in [0.2, 0.25) is 0 Å². The number of rotatable bonds is 5. The number of anilines is 1. The van der Waals surface area contributed by atoms with Crippen molar-refractivity contribution in [2.75, 3.05) is 18.4 Å². The predicted molar refractivity (Wildman–Crippen MR) is 117 cm³/mol. The molecule has 1 aromatic carbocycles. The average molecular weight is 401 g/mol. The Morgan fingerprint density at radius 3 is 2.83 bits per heavy atom. The summed E-state index contributed by atoms with van der Waals surface area (Å²) >= 11 is 0. The lowest BCUT2D eigenvalue weighted by atomic mass is 9.97. The quantitative estimate of drug-likeness (QED) is 0.524. The molecule has 3 unspecified atom stereocenters. The fraction of sp³-hybridized carbons (Fsp3) is 0.682. The molecular weight excluding hydrogens is 364 g/mol. The van der Waals surface area contributed by atoms with E-state index in [0.717, 1.165) is 44.2 Å². The van der Waals surface area contributed by atoms with Gasteiger partial charge in [-0.3, -0.25) is 15.5 Å². The van der Waals surface area contributed by atoms with Crippen LogP contribution in [-0.2, 0) is 13.0 Å². The molecule has 29 heavy (non-hydrogen) atoms. The summed E-state index contributed by atoms with van der Waals surface area (Å²) in [6, 6.07) is 7.28. The average Bonchev–Trinajstić information content (AvgIpc) is 3.22. The second-order valence-electron chi connectivity index (χ2n) is 8.75. The highest BCUT2D eigenvalue weighted by molar-refractivity contribution is 5.89. The highest BCUT2D eigenvalue weighted by Gasteiger charge is 2.27. The fourth-order valence-electron chi connectivity index (χ4n) is 5.03. The van der Waals surface area contributed by atoms with Crippen LogP contribution in [0.3, 0.4) is 0 Å². The Kier molecular flexibility index (Phi) is 6.70. The zero-order chi connectivity index (χ0) is 20.2. The maximum Gasteiger partial charge on any atom is 0.321 e. The van der Waals surface area contributed by atoms with Gasteiger partial charge in [-0.05, 0) is 62.4 Å². The number of carbonyl (C=O) groups excluding carboxylic acids is 1. The SMILES string of the molecule is CCNC1CC(C)NC(NC(=O)Nc2ccc3c(c2)CCN(C2CCCC2)C3)N1. The Balaban J connectivity index is 1.31. The van der Waals surface area contributed by atoms with E-state index in [1.807, 2.05) is 6.07 Å². The van der Waals surface area contributed by atoms with Crippen molar-refractivity contribution < 1.29 is 4.79 Å². The Morgan fingerprint density at radius 1 is 1.21 bits per heavy atom. The lowest BCUT2D eigenvalue weighted by Gasteiger charge is -2.36. The number of amides is 2. The highest BCUT2D eigenvalue weighted by Crippen LogP contribution is 2.29. The summed E-state index contributed by atoms with van der Waals surface area (Å²) in [5, 5.41) is 16.1. The normalized spacial score (nSPS) is 28.1. The van der Waals surface area contributed by atoms with E-state index < -0.39 is 0 Å². The molecule has 0 bridgehead atoms. The molecule has 5 N–H and O–H groups in total. The van der Waals surface area contributed by atoms with E-state index in [-0.39, 0.29) is 18.5 Å². The van der Waals surface area contributed by atoms with Crippen molar-refractivity contribution in [2.45, 2.75) is 83.5 Å². The van der Waals surface area contributed by atoms with E-state index in [0.29, 0.717) is 6.04 Å². The Hall–Kier alpha value is -1.67. The summed E-state index contributed by atoms with van der Waals surface area (Å²) < 4.78 is 0. The van der Waals surface area contributed by atoms with Crippen LogP contribution < -0.4 is 26.6 Å². The van der Waals surface area contributed by atoms with Gasteiger partial charge in [-0.25, -0.2) is 4.79 Å². The van der Waals surface area contributed by atoms with Crippen LogP contribution in [0.4, 0.5) is 10.5 Å². The second-order valence-corrected chi connectivity index (χ2v) is 8.75. The minimum absolute atomic E-state index is 0.192. The molecule has 7 nitrogen and oxygen atoms in total. The minimum atomic E-state index is -0.250. The lowest BCUT2D eigenvalue weighted by Crippen LogP contribution is -2.67. The summed E-state index contributed by atoms with van der Waals surface area (Å²) in [5.41, 5.74) is 3.64. The third kappa shape index (κ3) is 5.28. The first-order valence-corrected chi connectivity index (χ1v) is 11.3. The molecule has 4 rings (SSSR count). The van der Waals surface area contributed by atoms with Gasteiger partial charge in [-0.15, -0.1) is 0 Å². The zero-order valence-corrected chi connectivity index (χ0v) is 17.8. The molecule has 160 valence electrons. The van der Waals surface area contributed by atoms with Crippen LogP contribution in [0.5, 0.6) is 0 Å². The molecule has 0 spiro atoms. The Labute approximate surface area is 174 Å². The largest absolute Gasteiger partial charge is 0.321 e. The summed E-state index contributed by atoms with van der Waals surface area (Å²) in [6.07, 6.45) is 7.47. The Bertz CT molecular complexity index is 705. The first-order chi connectivity index (χ1) is 14.1. The molecule has 2 amide bonds. The smallest absolute Gasteiger partial charge is 0.310 e. The summed E-state index contributed by atoms with van der Waals surface area (Å²) in [6.45, 7) is 7.30. The monoisotopic (exact) mass is 400 g/mol. The second kappa shape index (κ2) is 9.43. The van der Waals surface area contributed by atoms with E-state index in [9.17, 15) is 4.79 Å². The van der Waals surface area contributed by atoms with Gasteiger partial charge < -0.3 is 16.0 Å². The van der Waals surface area contributed by atoms with Gasteiger partial charge in [-0.2, -0.15) is 0 Å². The van der Waals surface area contributed by atoms with Crippen molar-refractivity contribution in [2.24, 2.45) is 0 Å². The molecule has 1 aromatic rings. The van der Waals surface area contributed by atoms with Gasteiger partial charge in [0, 0.05) is 30.9 Å². The van der Waals surface area contributed by atoms with Gasteiger partial charge >= 0.3 is 6.03 Å². The number of hydrogen-bond donors (Lipinski definition) is 5. The third-order valence-electron chi connectivity index (χ3n) is 6.48. The topological polar surface area (TPSA) is 80.5 Å². The standard InChI is InChI=1S/C22H36N6O/c1-3-23-20-12-15(2)24-21(26-20)27-22(29)25-18-9-8-17-14-28(11-10-16(17)13-18)19-6-4-5-7-19/h8-9,13,15,19-21,23-24,26H,3-7,10-12,14H2,1-2H3,(H2,25,27,29). The lowest BCUT2D eigenvalue weighted by molar-refractivity contribution is 0.181. The van der Waals surface area contributed by atoms with Crippen molar-refractivity contribution in [3.8, 4) is 0 Å². The first-order valence-electron chi connectivity index (χ1n) is 11.3. The van der Waals surface area contributed by atoms with Crippen molar-refractivity contribution >= 4 is 11.7 Å². The van der Waals surface area contributed by atoms with E-state index in [4.69, 9.17) is 0 Å². The summed E-state index contributed by atoms with van der Waals surface area (Å²) in [5.74, 6) is 0. The number of nitrogens with one attached hydrogen (secondary N) is 5. The molecule has 1 aliphatic carbocycles. The van der Waals surface area contributed by atoms with E-state index in [1.54, 1.807) is 0 Å². The molecule has 0 radical (unpaired) electrons. The van der Waals surface area contributed by atoms with Gasteiger partial charge in [0.15, 0.2) is 0 Å². The van der Waals surface area contributed by atoms with Gasteiger partial charge in [0.05, 0.1) is 6.17 Å². The van der Waals surface area contributed by atoms with Crippen LogP contribution in [0.15, 0.2) is 18.2 Å². The van der Waals surface area contributed by atoms with Gasteiger partial charge in [0.1, 0.15) is 6.29 Å². The number of benzene rings is 1. The minimum Gasteiger partial charge on any atom is -0.310 e. The predicted octanol–water partition coefficient (Wildman–Crippen LogP) is 2.30. The highest BCUT2D eigenvalue weighted by atomic mass is 16.2. The van der Waals surface area contributed by atoms with Crippen molar-refractivity contribution in [1.82, 2.24) is 26.2 Å². The summed E-state index contributed by atoms with van der Waals surface area (Å²) in [7, 11) is 0. The van der Waals surface area contributed by atoms with Crippen LogP contribution in [0, 0.1) is 0 Å². The van der Waals surface area contributed by atoms with E-state index >= 15 is 0 Å². The maximum absolute atomic E-state index is 12.5. The summed E-state index contributed by atoms with van der Waals surface area (Å²) in [4.78, 5) is 15.2. The third-order valence-corrected chi connectivity index (χ3v) is 6.48. The number of hydrogen-bond acceptors (Lipinski definition) is 5. The van der Waals surface area contributed by atoms with Crippen LogP contribution in [0.1, 0.15) is 57.1 Å². The molecule has 3 aliphatic rings. The van der Waals surface area contributed by atoms with Crippen LogP contribution in [-0.4, -0.2) is 48.6 Å².